The number of amides is 1. The second-order valence-electron chi connectivity index (χ2n) is 5.77. The van der Waals surface area contributed by atoms with Gasteiger partial charge in [0.05, 0.1) is 28.3 Å². The monoisotopic (exact) mass is 416 g/mol. The van der Waals surface area contributed by atoms with Gasteiger partial charge in [-0.1, -0.05) is 41.9 Å². The third-order valence-electron chi connectivity index (χ3n) is 3.87. The Balaban J connectivity index is 1.86. The molecule has 0 bridgehead atoms. The first-order chi connectivity index (χ1) is 13.4. The Labute approximate surface area is 168 Å². The maximum atomic E-state index is 12.7. The molecule has 3 rings (SSSR count). The minimum atomic E-state index is -3.78. The molecule has 0 fully saturated rings. The van der Waals surface area contributed by atoms with Crippen LogP contribution < -0.4 is 14.8 Å². The molecule has 8 heteroatoms. The number of carbonyl (C=O) groups is 1. The lowest BCUT2D eigenvalue weighted by molar-refractivity contribution is 0.102. The first-order valence-electron chi connectivity index (χ1n) is 8.22. The van der Waals surface area contributed by atoms with Gasteiger partial charge in [0.25, 0.3) is 15.9 Å². The van der Waals surface area contributed by atoms with Crippen molar-refractivity contribution in [3.63, 3.8) is 0 Å². The van der Waals surface area contributed by atoms with E-state index in [0.717, 1.165) is 0 Å². The van der Waals surface area contributed by atoms with E-state index in [2.05, 4.69) is 10.0 Å². The first kappa shape index (κ1) is 19.7. The minimum Gasteiger partial charge on any atom is -0.495 e. The summed E-state index contributed by atoms with van der Waals surface area (Å²) in [6.45, 7) is 0. The second-order valence-corrected chi connectivity index (χ2v) is 7.86. The molecule has 0 aromatic heterocycles. The van der Waals surface area contributed by atoms with E-state index < -0.39 is 15.9 Å². The van der Waals surface area contributed by atoms with Crippen molar-refractivity contribution in [1.29, 1.82) is 0 Å². The lowest BCUT2D eigenvalue weighted by atomic mass is 10.2. The zero-order chi connectivity index (χ0) is 20.1. The number of halogens is 1. The molecular weight excluding hydrogens is 400 g/mol. The maximum absolute atomic E-state index is 12.7. The summed E-state index contributed by atoms with van der Waals surface area (Å²) in [5.74, 6) is 0.00293. The molecule has 0 aliphatic carbocycles. The normalized spacial score (nSPS) is 10.9. The van der Waals surface area contributed by atoms with Crippen LogP contribution >= 0.6 is 11.6 Å². The summed E-state index contributed by atoms with van der Waals surface area (Å²) in [4.78, 5) is 12.8. The van der Waals surface area contributed by atoms with Gasteiger partial charge in [0, 0.05) is 5.69 Å². The van der Waals surface area contributed by atoms with Crippen molar-refractivity contribution in [2.45, 2.75) is 4.90 Å². The molecular formula is C20H17ClN2O4S. The van der Waals surface area contributed by atoms with E-state index in [9.17, 15) is 13.2 Å². The molecule has 0 radical (unpaired) electrons. The Bertz CT molecular complexity index is 1100. The molecule has 0 saturated carbocycles. The molecule has 0 spiro atoms. The molecule has 6 nitrogen and oxygen atoms in total. The molecule has 0 saturated heterocycles. The molecule has 3 aromatic rings. The molecule has 2 N–H and O–H groups in total. The molecule has 0 heterocycles. The number of para-hydroxylation sites is 2. The quantitative estimate of drug-likeness (QED) is 0.623. The summed E-state index contributed by atoms with van der Waals surface area (Å²) in [6, 6.07) is 19.2. The highest BCUT2D eigenvalue weighted by atomic mass is 35.5. The fourth-order valence-electron chi connectivity index (χ4n) is 2.51. The highest BCUT2D eigenvalue weighted by molar-refractivity contribution is 7.92. The molecule has 0 unspecified atom stereocenters. The topological polar surface area (TPSA) is 84.5 Å². The molecule has 0 aliphatic heterocycles. The Morgan fingerprint density at radius 2 is 1.64 bits per heavy atom. The maximum Gasteiger partial charge on any atom is 0.261 e. The smallest absolute Gasteiger partial charge is 0.261 e. The number of anilines is 2. The Morgan fingerprint density at radius 3 is 2.36 bits per heavy atom. The number of benzene rings is 3. The van der Waals surface area contributed by atoms with E-state index in [0.29, 0.717) is 11.4 Å². The fraction of sp³-hybridized carbons (Fsp3) is 0.0500. The van der Waals surface area contributed by atoms with E-state index in [-0.39, 0.29) is 21.2 Å². The molecule has 144 valence electrons. The number of methoxy groups -OCH3 is 1. The van der Waals surface area contributed by atoms with Crippen LogP contribution in [0.25, 0.3) is 0 Å². The zero-order valence-electron chi connectivity index (χ0n) is 14.8. The van der Waals surface area contributed by atoms with E-state index in [4.69, 9.17) is 16.3 Å². The molecule has 3 aromatic carbocycles. The van der Waals surface area contributed by atoms with Crippen molar-refractivity contribution in [3.05, 3.63) is 83.4 Å². The van der Waals surface area contributed by atoms with Crippen LogP contribution in [0.3, 0.4) is 0 Å². The Morgan fingerprint density at radius 1 is 0.964 bits per heavy atom. The van der Waals surface area contributed by atoms with Gasteiger partial charge in [-0.05, 0) is 42.5 Å². The number of rotatable bonds is 6. The molecule has 0 atom stereocenters. The largest absolute Gasteiger partial charge is 0.495 e. The van der Waals surface area contributed by atoms with Crippen LogP contribution in [0.2, 0.25) is 5.02 Å². The number of hydrogen-bond acceptors (Lipinski definition) is 4. The average molecular weight is 417 g/mol. The third-order valence-corrected chi connectivity index (χ3v) is 5.60. The van der Waals surface area contributed by atoms with Crippen LogP contribution in [0.1, 0.15) is 10.4 Å². The lowest BCUT2D eigenvalue weighted by Crippen LogP contribution is -2.16. The first-order valence-corrected chi connectivity index (χ1v) is 10.1. The minimum absolute atomic E-state index is 0.116. The predicted molar refractivity (Wildman–Crippen MR) is 110 cm³/mol. The number of carbonyl (C=O) groups excluding carboxylic acids is 1. The molecule has 28 heavy (non-hydrogen) atoms. The zero-order valence-corrected chi connectivity index (χ0v) is 16.4. The van der Waals surface area contributed by atoms with Gasteiger partial charge < -0.3 is 10.1 Å². The summed E-state index contributed by atoms with van der Waals surface area (Å²) >= 11 is 6.15. The van der Waals surface area contributed by atoms with Gasteiger partial charge in [-0.15, -0.1) is 0 Å². The van der Waals surface area contributed by atoms with E-state index in [1.54, 1.807) is 42.5 Å². The van der Waals surface area contributed by atoms with Crippen LogP contribution in [0.15, 0.2) is 77.7 Å². The van der Waals surface area contributed by atoms with Crippen molar-refractivity contribution in [2.24, 2.45) is 0 Å². The predicted octanol–water partition coefficient (Wildman–Crippen LogP) is 4.40. The van der Waals surface area contributed by atoms with Crippen LogP contribution in [-0.4, -0.2) is 21.4 Å². The SMILES string of the molecule is COc1ccccc1NC(=O)c1cc(NS(=O)(=O)c2ccccc2)ccc1Cl. The van der Waals surface area contributed by atoms with Gasteiger partial charge in [0.15, 0.2) is 0 Å². The van der Waals surface area contributed by atoms with Crippen molar-refractivity contribution >= 4 is 38.9 Å². The third kappa shape index (κ3) is 4.44. The second kappa shape index (κ2) is 8.33. The highest BCUT2D eigenvalue weighted by Crippen LogP contribution is 2.27. The molecule has 0 aliphatic rings. The Hall–Kier alpha value is -3.03. The van der Waals surface area contributed by atoms with Gasteiger partial charge in [-0.25, -0.2) is 8.42 Å². The van der Waals surface area contributed by atoms with Crippen LogP contribution in [0, 0.1) is 0 Å². The highest BCUT2D eigenvalue weighted by Gasteiger charge is 2.17. The summed E-state index contributed by atoms with van der Waals surface area (Å²) < 4.78 is 32.6. The Kier molecular flexibility index (Phi) is 5.87. The van der Waals surface area contributed by atoms with Gasteiger partial charge in [-0.2, -0.15) is 0 Å². The van der Waals surface area contributed by atoms with Gasteiger partial charge in [0.1, 0.15) is 5.75 Å². The van der Waals surface area contributed by atoms with E-state index >= 15 is 0 Å². The van der Waals surface area contributed by atoms with E-state index in [1.165, 1.54) is 37.4 Å². The van der Waals surface area contributed by atoms with E-state index in [1.807, 2.05) is 0 Å². The van der Waals surface area contributed by atoms with Crippen molar-refractivity contribution in [1.82, 2.24) is 0 Å². The average Bonchev–Trinajstić information content (AvgIpc) is 2.70. The number of ether oxygens (including phenoxy) is 1. The number of hydrogen-bond donors (Lipinski definition) is 2. The van der Waals surface area contributed by atoms with Crippen LogP contribution in [0.5, 0.6) is 5.75 Å². The summed E-state index contributed by atoms with van der Waals surface area (Å²) in [7, 11) is -2.29. The summed E-state index contributed by atoms with van der Waals surface area (Å²) in [6.07, 6.45) is 0. The van der Waals surface area contributed by atoms with Crippen molar-refractivity contribution in [3.8, 4) is 5.75 Å². The number of nitrogens with one attached hydrogen (secondary N) is 2. The van der Waals surface area contributed by atoms with Crippen LogP contribution in [-0.2, 0) is 10.0 Å². The van der Waals surface area contributed by atoms with Crippen molar-refractivity contribution < 1.29 is 17.9 Å². The summed E-state index contributed by atoms with van der Waals surface area (Å²) in [5.41, 5.74) is 0.820. The number of sulfonamides is 1. The summed E-state index contributed by atoms with van der Waals surface area (Å²) in [5, 5.41) is 2.90. The van der Waals surface area contributed by atoms with Crippen molar-refractivity contribution in [2.75, 3.05) is 17.1 Å². The fourth-order valence-corrected chi connectivity index (χ4v) is 3.79. The molecule has 1 amide bonds. The van der Waals surface area contributed by atoms with Gasteiger partial charge >= 0.3 is 0 Å². The lowest BCUT2D eigenvalue weighted by Gasteiger charge is -2.13. The van der Waals surface area contributed by atoms with Gasteiger partial charge in [-0.3, -0.25) is 9.52 Å². The van der Waals surface area contributed by atoms with Crippen LogP contribution in [0.4, 0.5) is 11.4 Å². The standard InChI is InChI=1S/C20H17ClN2O4S/c1-27-19-10-6-5-9-18(19)22-20(24)16-13-14(11-12-17(16)21)23-28(25,26)15-7-3-2-4-8-15/h2-13,23H,1H3,(H,22,24). The van der Waals surface area contributed by atoms with Gasteiger partial charge in [0.2, 0.25) is 0 Å².